The van der Waals surface area contributed by atoms with Crippen LogP contribution in [0.5, 0.6) is 0 Å². The first-order chi connectivity index (χ1) is 6.49. The Kier molecular flexibility index (Phi) is 4.64. The monoisotopic (exact) mass is 234 g/mol. The summed E-state index contributed by atoms with van der Waals surface area (Å²) < 4.78 is 5.34. The van der Waals surface area contributed by atoms with Crippen LogP contribution < -0.4 is 0 Å². The third kappa shape index (κ3) is 4.60. The van der Waals surface area contributed by atoms with E-state index < -0.39 is 0 Å². The Bertz CT molecular complexity index is 199. The first-order valence-electron chi connectivity index (χ1n) is 4.87. The SMILES string of the molecule is CC(C)(C)SCC1CSCCOC1=O. The molecule has 4 heteroatoms. The van der Waals surface area contributed by atoms with Crippen LogP contribution >= 0.6 is 23.5 Å². The van der Waals surface area contributed by atoms with Gasteiger partial charge < -0.3 is 4.74 Å². The second-order valence-corrected chi connectivity index (χ2v) is 7.36. The molecule has 1 heterocycles. The summed E-state index contributed by atoms with van der Waals surface area (Å²) in [6.07, 6.45) is 0. The molecule has 0 spiro atoms. The third-order valence-electron chi connectivity index (χ3n) is 1.84. The van der Waals surface area contributed by atoms with Gasteiger partial charge in [-0.3, -0.25) is 4.79 Å². The van der Waals surface area contributed by atoms with Crippen molar-refractivity contribution in [2.24, 2.45) is 5.92 Å². The van der Waals surface area contributed by atoms with Crippen molar-refractivity contribution in [1.29, 1.82) is 0 Å². The molecular formula is C10H18O2S2. The number of rotatable bonds is 2. The Morgan fingerprint density at radius 1 is 1.57 bits per heavy atom. The van der Waals surface area contributed by atoms with E-state index in [1.807, 2.05) is 23.5 Å². The van der Waals surface area contributed by atoms with Crippen molar-refractivity contribution in [3.63, 3.8) is 0 Å². The Hall–Kier alpha value is 0.170. The van der Waals surface area contributed by atoms with Gasteiger partial charge in [0, 0.05) is 22.0 Å². The van der Waals surface area contributed by atoms with Crippen molar-refractivity contribution in [2.75, 3.05) is 23.9 Å². The zero-order chi connectivity index (χ0) is 10.6. The molecule has 0 radical (unpaired) electrons. The van der Waals surface area contributed by atoms with Crippen LogP contribution in [-0.4, -0.2) is 34.6 Å². The van der Waals surface area contributed by atoms with Crippen LogP contribution in [0.1, 0.15) is 20.8 Å². The van der Waals surface area contributed by atoms with Gasteiger partial charge in [-0.1, -0.05) is 20.8 Å². The van der Waals surface area contributed by atoms with Crippen LogP contribution in [0.25, 0.3) is 0 Å². The van der Waals surface area contributed by atoms with Gasteiger partial charge in [-0.25, -0.2) is 0 Å². The molecule has 1 unspecified atom stereocenters. The van der Waals surface area contributed by atoms with Gasteiger partial charge in [-0.05, 0) is 0 Å². The summed E-state index contributed by atoms with van der Waals surface area (Å²) in [6.45, 7) is 7.10. The maximum absolute atomic E-state index is 11.5. The summed E-state index contributed by atoms with van der Waals surface area (Å²) in [7, 11) is 0. The van der Waals surface area contributed by atoms with Crippen LogP contribution in [0, 0.1) is 5.92 Å². The van der Waals surface area contributed by atoms with Crippen LogP contribution in [0.4, 0.5) is 0 Å². The fourth-order valence-corrected chi connectivity index (χ4v) is 3.09. The summed E-state index contributed by atoms with van der Waals surface area (Å²) in [5.41, 5.74) is 0. The average molecular weight is 234 g/mol. The highest BCUT2D eigenvalue weighted by Gasteiger charge is 2.24. The average Bonchev–Trinajstić information content (AvgIpc) is 2.25. The number of ether oxygens (including phenoxy) is 1. The molecule has 2 nitrogen and oxygen atoms in total. The molecule has 82 valence electrons. The van der Waals surface area contributed by atoms with Crippen LogP contribution in [0.2, 0.25) is 0 Å². The molecule has 0 saturated carbocycles. The Labute approximate surface area is 94.5 Å². The molecule has 1 saturated heterocycles. The van der Waals surface area contributed by atoms with Gasteiger partial charge in [0.15, 0.2) is 0 Å². The van der Waals surface area contributed by atoms with E-state index in [1.165, 1.54) is 0 Å². The third-order valence-corrected chi connectivity index (χ3v) is 4.37. The van der Waals surface area contributed by atoms with Crippen molar-refractivity contribution < 1.29 is 9.53 Å². The van der Waals surface area contributed by atoms with Gasteiger partial charge in [0.25, 0.3) is 0 Å². The Balaban J connectivity index is 2.37. The van der Waals surface area contributed by atoms with Crippen molar-refractivity contribution in [3.05, 3.63) is 0 Å². The fraction of sp³-hybridized carbons (Fsp3) is 0.900. The molecule has 1 aliphatic rings. The summed E-state index contributed by atoms with van der Waals surface area (Å²) in [5, 5.41) is 0. The lowest BCUT2D eigenvalue weighted by molar-refractivity contribution is -0.145. The minimum absolute atomic E-state index is 0.00764. The normalized spacial score (nSPS) is 24.2. The van der Waals surface area contributed by atoms with Gasteiger partial charge in [0.1, 0.15) is 6.61 Å². The summed E-state index contributed by atoms with van der Waals surface area (Å²) in [5.74, 6) is 2.83. The minimum Gasteiger partial charge on any atom is -0.465 e. The highest BCUT2D eigenvalue weighted by atomic mass is 32.2. The molecule has 14 heavy (non-hydrogen) atoms. The highest BCUT2D eigenvalue weighted by Crippen LogP contribution is 2.28. The minimum atomic E-state index is -0.00764. The van der Waals surface area contributed by atoms with Gasteiger partial charge in [-0.15, -0.1) is 0 Å². The Morgan fingerprint density at radius 3 is 2.93 bits per heavy atom. The number of hydrogen-bond acceptors (Lipinski definition) is 4. The summed E-state index contributed by atoms with van der Waals surface area (Å²) in [6, 6.07) is 0. The molecule has 0 aromatic rings. The van der Waals surface area contributed by atoms with E-state index in [0.29, 0.717) is 6.61 Å². The van der Waals surface area contributed by atoms with Crippen LogP contribution in [-0.2, 0) is 9.53 Å². The number of carbonyl (C=O) groups is 1. The maximum atomic E-state index is 11.5. The number of thioether (sulfide) groups is 2. The molecule has 0 aromatic carbocycles. The van der Waals surface area contributed by atoms with E-state index >= 15 is 0 Å². The van der Waals surface area contributed by atoms with E-state index in [0.717, 1.165) is 17.3 Å². The first-order valence-corrected chi connectivity index (χ1v) is 7.01. The number of carbonyl (C=O) groups excluding carboxylic acids is 1. The van der Waals surface area contributed by atoms with Crippen molar-refractivity contribution >= 4 is 29.5 Å². The second-order valence-electron chi connectivity index (χ2n) is 4.36. The summed E-state index contributed by atoms with van der Waals surface area (Å²) in [4.78, 5) is 11.5. The molecule has 1 fully saturated rings. The molecule has 0 aliphatic carbocycles. The van der Waals surface area contributed by atoms with Gasteiger partial charge in [0.05, 0.1) is 5.92 Å². The number of esters is 1. The first kappa shape index (κ1) is 12.2. The molecule has 1 atom stereocenters. The quantitative estimate of drug-likeness (QED) is 0.686. The largest absolute Gasteiger partial charge is 0.465 e. The van der Waals surface area contributed by atoms with E-state index in [1.54, 1.807) is 0 Å². The topological polar surface area (TPSA) is 26.3 Å². The lowest BCUT2D eigenvalue weighted by Crippen LogP contribution is -2.23. The van der Waals surface area contributed by atoms with E-state index in [9.17, 15) is 4.79 Å². The lowest BCUT2D eigenvalue weighted by atomic mass is 10.2. The molecule has 0 bridgehead atoms. The van der Waals surface area contributed by atoms with Crippen molar-refractivity contribution in [2.45, 2.75) is 25.5 Å². The zero-order valence-electron chi connectivity index (χ0n) is 9.04. The van der Waals surface area contributed by atoms with Gasteiger partial charge in [0.2, 0.25) is 0 Å². The molecular weight excluding hydrogens is 216 g/mol. The predicted molar refractivity (Wildman–Crippen MR) is 64.0 cm³/mol. The van der Waals surface area contributed by atoms with Crippen molar-refractivity contribution in [3.8, 4) is 0 Å². The second kappa shape index (κ2) is 5.31. The smallest absolute Gasteiger partial charge is 0.310 e. The maximum Gasteiger partial charge on any atom is 0.310 e. The van der Waals surface area contributed by atoms with Crippen molar-refractivity contribution in [1.82, 2.24) is 0 Å². The molecule has 1 aliphatic heterocycles. The lowest BCUT2D eigenvalue weighted by Gasteiger charge is -2.20. The summed E-state index contributed by atoms with van der Waals surface area (Å²) >= 11 is 3.66. The fourth-order valence-electron chi connectivity index (χ4n) is 1.08. The van der Waals surface area contributed by atoms with E-state index in [4.69, 9.17) is 4.74 Å². The number of hydrogen-bond donors (Lipinski definition) is 0. The molecule has 1 rings (SSSR count). The standard InChI is InChI=1S/C10H18O2S2/c1-10(2,3)14-7-8-6-13-5-4-12-9(8)11/h8H,4-7H2,1-3H3. The predicted octanol–water partition coefficient (Wildman–Crippen LogP) is 2.42. The van der Waals surface area contributed by atoms with Crippen LogP contribution in [0.3, 0.4) is 0 Å². The Morgan fingerprint density at radius 2 is 2.29 bits per heavy atom. The van der Waals surface area contributed by atoms with Gasteiger partial charge >= 0.3 is 5.97 Å². The highest BCUT2D eigenvalue weighted by molar-refractivity contribution is 8.01. The zero-order valence-corrected chi connectivity index (χ0v) is 10.7. The molecule has 0 N–H and O–H groups in total. The molecule has 0 aromatic heterocycles. The van der Waals surface area contributed by atoms with E-state index in [-0.39, 0.29) is 16.6 Å². The van der Waals surface area contributed by atoms with Crippen LogP contribution in [0.15, 0.2) is 0 Å². The van der Waals surface area contributed by atoms with E-state index in [2.05, 4.69) is 20.8 Å². The number of cyclic esters (lactones) is 1. The van der Waals surface area contributed by atoms with Gasteiger partial charge in [-0.2, -0.15) is 23.5 Å². The molecule has 0 amide bonds.